The molecule has 0 amide bonds. The Kier molecular flexibility index (Phi) is 6.20. The maximum atomic E-state index is 6.53. The van der Waals surface area contributed by atoms with Gasteiger partial charge >= 0.3 is 20.4 Å². The van der Waals surface area contributed by atoms with Crippen LogP contribution in [0.4, 0.5) is 0 Å². The summed E-state index contributed by atoms with van der Waals surface area (Å²) in [5.74, 6) is 1.19. The summed E-state index contributed by atoms with van der Waals surface area (Å²) in [6.45, 7) is 6.75. The fourth-order valence-electron chi connectivity index (χ4n) is 7.06. The molecule has 0 saturated carbocycles. The summed E-state index contributed by atoms with van der Waals surface area (Å²) >= 11 is 0. The van der Waals surface area contributed by atoms with E-state index < -0.39 is 0 Å². The first-order chi connectivity index (χ1) is 22.9. The van der Waals surface area contributed by atoms with E-state index in [1.54, 1.807) is 0 Å². The molecule has 0 saturated heterocycles. The monoisotopic (exact) mass is 711 g/mol. The molecule has 0 aliphatic carbocycles. The minimum Gasteiger partial charge on any atom is -0.497 e. The zero-order valence-corrected chi connectivity index (χ0v) is 27.9. The molecular weight excluding hydrogens is 685 g/mol. The van der Waals surface area contributed by atoms with Gasteiger partial charge in [-0.25, -0.2) is 0 Å². The average molecular weight is 712 g/mol. The predicted molar refractivity (Wildman–Crippen MR) is 190 cm³/mol. The molecule has 0 radical (unpaired) electrons. The molecule has 0 aliphatic rings. The first-order valence-corrected chi connectivity index (χ1v) is 15.8. The molecule has 0 fully saturated rings. The molecule has 0 aliphatic heterocycles. The van der Waals surface area contributed by atoms with Crippen LogP contribution in [0.3, 0.4) is 0 Å². The molecule has 10 aromatic rings. The molecular formula is C41H27N5OPd. The van der Waals surface area contributed by atoms with Crippen LogP contribution < -0.4 is 4.74 Å². The van der Waals surface area contributed by atoms with Gasteiger partial charge in [0, 0.05) is 34.9 Å². The molecule has 48 heavy (non-hydrogen) atoms. The summed E-state index contributed by atoms with van der Waals surface area (Å²) < 4.78 is 11.0. The molecule has 5 aromatic heterocycles. The molecule has 10 rings (SSSR count). The predicted octanol–water partition coefficient (Wildman–Crippen LogP) is 9.98. The van der Waals surface area contributed by atoms with E-state index in [9.17, 15) is 0 Å². The summed E-state index contributed by atoms with van der Waals surface area (Å²) in [5.41, 5.74) is 9.17. The van der Waals surface area contributed by atoms with E-state index >= 15 is 0 Å². The van der Waals surface area contributed by atoms with Gasteiger partial charge < -0.3 is 13.5 Å². The van der Waals surface area contributed by atoms with E-state index in [0.717, 1.165) is 76.7 Å². The summed E-state index contributed by atoms with van der Waals surface area (Å²) in [7, 11) is 0. The first-order valence-electron chi connectivity index (χ1n) is 15.8. The van der Waals surface area contributed by atoms with Crippen molar-refractivity contribution >= 4 is 76.7 Å². The molecule has 5 aromatic carbocycles. The van der Waals surface area contributed by atoms with Gasteiger partial charge in [0.25, 0.3) is 0 Å². The fourth-order valence-corrected chi connectivity index (χ4v) is 7.06. The second-order valence-electron chi connectivity index (χ2n) is 13.2. The van der Waals surface area contributed by atoms with Gasteiger partial charge in [-0.1, -0.05) is 103 Å². The van der Waals surface area contributed by atoms with Crippen LogP contribution in [0.25, 0.3) is 76.7 Å². The third kappa shape index (κ3) is 4.11. The fraction of sp³-hybridized carbons (Fsp3) is 0.0976. The minimum absolute atomic E-state index is 0. The first kappa shape index (κ1) is 28.8. The van der Waals surface area contributed by atoms with Crippen molar-refractivity contribution in [2.75, 3.05) is 0 Å². The van der Waals surface area contributed by atoms with Crippen molar-refractivity contribution in [2.24, 2.45) is 0 Å². The third-order valence-electron chi connectivity index (χ3n) is 9.35. The van der Waals surface area contributed by atoms with Crippen molar-refractivity contribution in [2.45, 2.75) is 26.2 Å². The number of pyridine rings is 3. The zero-order chi connectivity index (χ0) is 31.4. The minimum atomic E-state index is 0. The van der Waals surface area contributed by atoms with Gasteiger partial charge in [-0.15, -0.1) is 12.1 Å². The Morgan fingerprint density at radius 3 is 1.77 bits per heavy atom. The molecule has 0 unspecified atom stereocenters. The summed E-state index contributed by atoms with van der Waals surface area (Å²) in [6, 6.07) is 40.6. The molecule has 5 heterocycles. The standard InChI is InChI=1S/C41H27N5O.Pd/c1-41(2,3)24-12-15-29-27-16-13-25(21-30(27)40-44-34-9-5-7-11-37(34)46(40)38(29)20-24)47-26-14-17-28-31(22-26)39-43-33-8-4-6-10-36(33)45(39)35-18-19-42-23-32(28)35;/h4-20,23H,1-3H3;/q-2;+2. The van der Waals surface area contributed by atoms with Crippen molar-refractivity contribution in [1.29, 1.82) is 0 Å². The van der Waals surface area contributed by atoms with Gasteiger partial charge in [-0.2, -0.15) is 0 Å². The maximum absolute atomic E-state index is 6.53. The molecule has 6 nitrogen and oxygen atoms in total. The number of fused-ring (bicyclic) bond motifs is 16. The normalized spacial score (nSPS) is 12.3. The van der Waals surface area contributed by atoms with Crippen LogP contribution in [-0.4, -0.2) is 23.8 Å². The van der Waals surface area contributed by atoms with Crippen LogP contribution in [-0.2, 0) is 25.8 Å². The number of benzene rings is 5. The SMILES string of the molecule is CC(C)(C)c1ccc2c3ccc(Oc4[c-]c5c(cc4)c4cnccc4n4c6ccccc6nc54)[c-]c3c3nc4ccccc4n3c2c1.[Pd+2]. The number of para-hydroxylation sites is 4. The summed E-state index contributed by atoms with van der Waals surface area (Å²) in [6.07, 6.45) is 3.73. The van der Waals surface area contributed by atoms with E-state index in [0.29, 0.717) is 11.5 Å². The van der Waals surface area contributed by atoms with Crippen LogP contribution in [0.15, 0.2) is 109 Å². The Balaban J connectivity index is 0.00000314. The summed E-state index contributed by atoms with van der Waals surface area (Å²) in [5, 5.41) is 6.09. The van der Waals surface area contributed by atoms with Gasteiger partial charge in [-0.3, -0.25) is 15.0 Å². The number of ether oxygens (including phenoxy) is 1. The van der Waals surface area contributed by atoms with Crippen LogP contribution in [0, 0.1) is 12.1 Å². The van der Waals surface area contributed by atoms with Crippen LogP contribution in [0.5, 0.6) is 11.5 Å². The van der Waals surface area contributed by atoms with E-state index in [1.165, 1.54) is 5.56 Å². The Bertz CT molecular complexity index is 2930. The van der Waals surface area contributed by atoms with Gasteiger partial charge in [-0.05, 0) is 58.1 Å². The van der Waals surface area contributed by atoms with Crippen molar-refractivity contribution in [3.8, 4) is 11.5 Å². The topological polar surface area (TPSA) is 56.7 Å². The molecule has 0 atom stereocenters. The molecule has 0 N–H and O–H groups in total. The molecule has 7 heteroatoms. The Hall–Kier alpha value is -5.35. The number of aromatic nitrogens is 5. The number of imidazole rings is 2. The maximum Gasteiger partial charge on any atom is 2.00 e. The third-order valence-corrected chi connectivity index (χ3v) is 9.35. The van der Waals surface area contributed by atoms with Crippen molar-refractivity contribution in [3.63, 3.8) is 0 Å². The van der Waals surface area contributed by atoms with E-state index in [-0.39, 0.29) is 25.8 Å². The molecule has 0 spiro atoms. The Morgan fingerprint density at radius 1 is 0.583 bits per heavy atom. The van der Waals surface area contributed by atoms with Crippen molar-refractivity contribution in [1.82, 2.24) is 23.8 Å². The Morgan fingerprint density at radius 2 is 1.15 bits per heavy atom. The van der Waals surface area contributed by atoms with Gasteiger partial charge in [0.1, 0.15) is 0 Å². The van der Waals surface area contributed by atoms with E-state index in [4.69, 9.17) is 14.7 Å². The van der Waals surface area contributed by atoms with Crippen molar-refractivity contribution in [3.05, 3.63) is 127 Å². The number of nitrogens with zero attached hydrogens (tertiary/aromatic N) is 5. The van der Waals surface area contributed by atoms with Gasteiger partial charge in [0.2, 0.25) is 0 Å². The van der Waals surface area contributed by atoms with E-state index in [1.807, 2.05) is 54.9 Å². The van der Waals surface area contributed by atoms with Crippen LogP contribution in [0.2, 0.25) is 0 Å². The van der Waals surface area contributed by atoms with Crippen LogP contribution in [0.1, 0.15) is 26.3 Å². The van der Waals surface area contributed by atoms with Crippen molar-refractivity contribution < 1.29 is 25.2 Å². The second kappa shape index (κ2) is 10.3. The summed E-state index contributed by atoms with van der Waals surface area (Å²) in [4.78, 5) is 14.6. The quantitative estimate of drug-likeness (QED) is 0.102. The molecule has 232 valence electrons. The van der Waals surface area contributed by atoms with Gasteiger partial charge in [0.15, 0.2) is 0 Å². The number of rotatable bonds is 2. The molecule has 0 bridgehead atoms. The Labute approximate surface area is 289 Å². The number of hydrogen-bond acceptors (Lipinski definition) is 4. The average Bonchev–Trinajstić information content (AvgIpc) is 3.68. The smallest absolute Gasteiger partial charge is 0.497 e. The van der Waals surface area contributed by atoms with Gasteiger partial charge in [0.05, 0.1) is 33.4 Å². The second-order valence-corrected chi connectivity index (χ2v) is 13.2. The zero-order valence-electron chi connectivity index (χ0n) is 26.4. The van der Waals surface area contributed by atoms with E-state index in [2.05, 4.69) is 101 Å². The largest absolute Gasteiger partial charge is 2.00 e. The number of hydrogen-bond donors (Lipinski definition) is 0. The van der Waals surface area contributed by atoms with Crippen LogP contribution >= 0.6 is 0 Å².